The summed E-state index contributed by atoms with van der Waals surface area (Å²) in [5.74, 6) is 0.337. The zero-order chi connectivity index (χ0) is 17.9. The molecule has 0 aromatic heterocycles. The second kappa shape index (κ2) is 8.85. The molecule has 0 atom stereocenters. The number of sulfone groups is 1. The maximum Gasteiger partial charge on any atom is 0.193 e. The summed E-state index contributed by atoms with van der Waals surface area (Å²) in [6.45, 7) is 0.343. The predicted molar refractivity (Wildman–Crippen MR) is 118 cm³/mol. The number of halogens is 1. The highest BCUT2D eigenvalue weighted by atomic mass is 127. The molecule has 1 aliphatic carbocycles. The number of benzene rings is 2. The summed E-state index contributed by atoms with van der Waals surface area (Å²) in [6.07, 6.45) is 4.70. The van der Waals surface area contributed by atoms with Gasteiger partial charge in [0.1, 0.15) is 0 Å². The molecule has 3 rings (SSSR count). The minimum atomic E-state index is -3.09. The quantitative estimate of drug-likeness (QED) is 0.387. The molecule has 0 radical (unpaired) electrons. The van der Waals surface area contributed by atoms with Crippen LogP contribution < -0.4 is 11.1 Å². The summed E-state index contributed by atoms with van der Waals surface area (Å²) < 4.78 is 23.1. The molecule has 2 aromatic rings. The number of nitrogens with one attached hydrogen (secondary N) is 1. The number of nitrogens with zero attached hydrogens (tertiary/aromatic N) is 1. The number of hydrogen-bond donors (Lipinski definition) is 2. The van der Waals surface area contributed by atoms with Crippen LogP contribution in [0.1, 0.15) is 28.7 Å². The maximum absolute atomic E-state index is 11.6. The lowest BCUT2D eigenvalue weighted by Crippen LogP contribution is -2.22. The third-order valence-electron chi connectivity index (χ3n) is 4.33. The van der Waals surface area contributed by atoms with Crippen molar-refractivity contribution in [3.8, 4) is 0 Å². The minimum absolute atomic E-state index is 0. The fourth-order valence-corrected chi connectivity index (χ4v) is 3.99. The van der Waals surface area contributed by atoms with E-state index in [0.29, 0.717) is 12.5 Å². The van der Waals surface area contributed by atoms with Crippen molar-refractivity contribution in [3.05, 3.63) is 64.7 Å². The Hall–Kier alpha value is -1.61. The topological polar surface area (TPSA) is 84.5 Å². The van der Waals surface area contributed by atoms with Gasteiger partial charge in [-0.15, -0.1) is 24.0 Å². The summed E-state index contributed by atoms with van der Waals surface area (Å²) in [5.41, 5.74) is 11.3. The Morgan fingerprint density at radius 3 is 2.54 bits per heavy atom. The van der Waals surface area contributed by atoms with E-state index < -0.39 is 9.84 Å². The molecule has 26 heavy (non-hydrogen) atoms. The van der Waals surface area contributed by atoms with Gasteiger partial charge >= 0.3 is 0 Å². The maximum atomic E-state index is 11.6. The monoisotopic (exact) mass is 485 g/mol. The summed E-state index contributed by atoms with van der Waals surface area (Å²) in [4.78, 5) is 4.36. The first-order chi connectivity index (χ1) is 11.9. The molecular weight excluding hydrogens is 461 g/mol. The highest BCUT2D eigenvalue weighted by Crippen LogP contribution is 2.24. The van der Waals surface area contributed by atoms with Crippen molar-refractivity contribution in [1.82, 2.24) is 0 Å². The van der Waals surface area contributed by atoms with Crippen molar-refractivity contribution in [3.63, 3.8) is 0 Å². The fourth-order valence-electron chi connectivity index (χ4n) is 3.14. The summed E-state index contributed by atoms with van der Waals surface area (Å²) >= 11 is 0. The number of fused-ring (bicyclic) bond motifs is 1. The van der Waals surface area contributed by atoms with Gasteiger partial charge < -0.3 is 11.1 Å². The summed E-state index contributed by atoms with van der Waals surface area (Å²) in [5, 5.41) is 3.12. The van der Waals surface area contributed by atoms with Gasteiger partial charge in [0.2, 0.25) is 0 Å². The molecule has 7 heteroatoms. The number of guanidine groups is 1. The molecule has 3 N–H and O–H groups in total. The second-order valence-corrected chi connectivity index (χ2v) is 8.64. The smallest absolute Gasteiger partial charge is 0.193 e. The number of anilines is 1. The minimum Gasteiger partial charge on any atom is -0.370 e. The fraction of sp³-hybridized carbons (Fsp3) is 0.316. The predicted octanol–water partition coefficient (Wildman–Crippen LogP) is 3.26. The van der Waals surface area contributed by atoms with Gasteiger partial charge in [-0.05, 0) is 53.6 Å². The van der Waals surface area contributed by atoms with E-state index in [-0.39, 0.29) is 29.7 Å². The van der Waals surface area contributed by atoms with E-state index in [1.54, 1.807) is 0 Å². The van der Waals surface area contributed by atoms with Gasteiger partial charge in [0.15, 0.2) is 15.8 Å². The first-order valence-corrected chi connectivity index (χ1v) is 10.4. The number of aliphatic imine (C=N–C) groups is 1. The van der Waals surface area contributed by atoms with Crippen LogP contribution in [0.4, 0.5) is 5.69 Å². The largest absolute Gasteiger partial charge is 0.370 e. The average molecular weight is 485 g/mol. The highest BCUT2D eigenvalue weighted by Gasteiger charge is 2.11. The van der Waals surface area contributed by atoms with Crippen LogP contribution in [0.5, 0.6) is 0 Å². The molecule has 0 saturated heterocycles. The molecule has 140 valence electrons. The van der Waals surface area contributed by atoms with Crippen molar-refractivity contribution >= 4 is 45.5 Å². The van der Waals surface area contributed by atoms with Crippen LogP contribution in [0, 0.1) is 0 Å². The Bertz CT molecular complexity index is 911. The lowest BCUT2D eigenvalue weighted by molar-refractivity contribution is 0.601. The first-order valence-electron chi connectivity index (χ1n) is 8.34. The van der Waals surface area contributed by atoms with Gasteiger partial charge in [-0.2, -0.15) is 0 Å². The standard InChI is InChI=1S/C19H23N3O2S.HI/c1-25(23,24)13-17-6-3-2-5-16(17)12-21-19(20)22-18-10-9-14-7-4-8-15(14)11-18;/h2-3,5-6,9-11H,4,7-8,12-13H2,1H3,(H3,20,21,22);1H. The van der Waals surface area contributed by atoms with Crippen LogP contribution >= 0.6 is 24.0 Å². The van der Waals surface area contributed by atoms with Gasteiger partial charge in [-0.3, -0.25) is 0 Å². The number of nitrogens with two attached hydrogens (primary N) is 1. The lowest BCUT2D eigenvalue weighted by atomic mass is 10.1. The molecule has 0 saturated carbocycles. The Labute approximate surface area is 172 Å². The molecule has 0 aliphatic heterocycles. The normalized spacial score (nSPS) is 13.8. The van der Waals surface area contributed by atoms with Crippen molar-refractivity contribution < 1.29 is 8.42 Å². The van der Waals surface area contributed by atoms with E-state index in [1.165, 1.54) is 23.8 Å². The van der Waals surface area contributed by atoms with Gasteiger partial charge in [0.05, 0.1) is 12.3 Å². The number of rotatable bonds is 5. The van der Waals surface area contributed by atoms with E-state index in [2.05, 4.69) is 22.4 Å². The zero-order valence-electron chi connectivity index (χ0n) is 14.7. The molecule has 1 aliphatic rings. The van der Waals surface area contributed by atoms with Gasteiger partial charge in [-0.1, -0.05) is 30.3 Å². The van der Waals surface area contributed by atoms with Crippen LogP contribution in [0.3, 0.4) is 0 Å². The van der Waals surface area contributed by atoms with E-state index in [0.717, 1.165) is 29.7 Å². The third-order valence-corrected chi connectivity index (χ3v) is 5.16. The Morgan fingerprint density at radius 2 is 1.81 bits per heavy atom. The van der Waals surface area contributed by atoms with Crippen LogP contribution in [0.2, 0.25) is 0 Å². The van der Waals surface area contributed by atoms with Crippen molar-refractivity contribution in [2.75, 3.05) is 11.6 Å². The highest BCUT2D eigenvalue weighted by molar-refractivity contribution is 14.0. The molecule has 2 aromatic carbocycles. The van der Waals surface area contributed by atoms with Gasteiger partial charge in [-0.25, -0.2) is 13.4 Å². The zero-order valence-corrected chi connectivity index (χ0v) is 17.9. The average Bonchev–Trinajstić information content (AvgIpc) is 3.00. The molecular formula is C19H24IN3O2S. The Morgan fingerprint density at radius 1 is 1.12 bits per heavy atom. The summed E-state index contributed by atoms with van der Waals surface area (Å²) in [7, 11) is -3.09. The molecule has 0 spiro atoms. The molecule has 0 amide bonds. The first kappa shape index (κ1) is 20.7. The van der Waals surface area contributed by atoms with Crippen molar-refractivity contribution in [2.24, 2.45) is 10.7 Å². The second-order valence-electron chi connectivity index (χ2n) is 6.50. The number of aryl methyl sites for hydroxylation is 2. The van der Waals surface area contributed by atoms with Crippen LogP contribution in [0.25, 0.3) is 0 Å². The SMILES string of the molecule is CS(=O)(=O)Cc1ccccc1CN=C(N)Nc1ccc2c(c1)CCC2.I. The van der Waals surface area contributed by atoms with E-state index in [4.69, 9.17) is 5.73 Å². The third kappa shape index (κ3) is 5.70. The van der Waals surface area contributed by atoms with Crippen molar-refractivity contribution in [1.29, 1.82) is 0 Å². The summed E-state index contributed by atoms with van der Waals surface area (Å²) in [6, 6.07) is 13.7. The van der Waals surface area contributed by atoms with Gasteiger partial charge in [0.25, 0.3) is 0 Å². The molecule has 5 nitrogen and oxygen atoms in total. The van der Waals surface area contributed by atoms with E-state index in [9.17, 15) is 8.42 Å². The van der Waals surface area contributed by atoms with Crippen molar-refractivity contribution in [2.45, 2.75) is 31.6 Å². The lowest BCUT2D eigenvalue weighted by Gasteiger charge is -2.09. The van der Waals surface area contributed by atoms with Crippen LogP contribution in [0.15, 0.2) is 47.5 Å². The molecule has 0 fully saturated rings. The Balaban J connectivity index is 0.00000243. The molecule has 0 unspecified atom stereocenters. The molecule has 0 heterocycles. The van der Waals surface area contributed by atoms with E-state index >= 15 is 0 Å². The van der Waals surface area contributed by atoms with Crippen LogP contribution in [-0.4, -0.2) is 20.6 Å². The Kier molecular flexibility index (Phi) is 7.05. The molecule has 0 bridgehead atoms. The van der Waals surface area contributed by atoms with Gasteiger partial charge in [0, 0.05) is 11.9 Å². The van der Waals surface area contributed by atoms with Crippen LogP contribution in [-0.2, 0) is 35.0 Å². The number of hydrogen-bond acceptors (Lipinski definition) is 3. The van der Waals surface area contributed by atoms with E-state index in [1.807, 2.05) is 30.3 Å².